The van der Waals surface area contributed by atoms with Gasteiger partial charge >= 0.3 is 5.97 Å². The van der Waals surface area contributed by atoms with Gasteiger partial charge in [0, 0.05) is 5.57 Å². The first-order chi connectivity index (χ1) is 6.07. The zero-order valence-corrected chi connectivity index (χ0v) is 13.1. The van der Waals surface area contributed by atoms with Gasteiger partial charge in [0.05, 0.1) is 16.6 Å². The molecule has 2 N–H and O–H groups in total. The van der Waals surface area contributed by atoms with E-state index in [0.717, 1.165) is 10.4 Å². The van der Waals surface area contributed by atoms with Crippen LogP contribution in [0.1, 0.15) is 6.92 Å². The van der Waals surface area contributed by atoms with Crippen LogP contribution < -0.4 is 9.30 Å². The molecule has 0 aliphatic carbocycles. The first kappa shape index (κ1) is 12.8. The van der Waals surface area contributed by atoms with Crippen molar-refractivity contribution in [3.8, 4) is 0 Å². The minimum Gasteiger partial charge on any atom is -0.465 e. The number of ether oxygens (including phenoxy) is 1. The molecule has 0 aromatic heterocycles. The van der Waals surface area contributed by atoms with Crippen LogP contribution >= 0.6 is 0 Å². The van der Waals surface area contributed by atoms with Gasteiger partial charge in [0.2, 0.25) is 0 Å². The Balaban J connectivity index is 3.51. The molecule has 13 heavy (non-hydrogen) atoms. The molecule has 0 aromatic rings. The van der Waals surface area contributed by atoms with Crippen LogP contribution in [0.25, 0.3) is 0 Å². The fourth-order valence-electron chi connectivity index (χ4n) is 0.659. The summed E-state index contributed by atoms with van der Waals surface area (Å²) in [6, 6.07) is 0. The lowest BCUT2D eigenvalue weighted by atomic mass is 10.4. The summed E-state index contributed by atoms with van der Waals surface area (Å²) < 4.78 is 11.7. The van der Waals surface area contributed by atoms with Crippen molar-refractivity contribution in [3.05, 3.63) is 12.2 Å². The number of rotatable bonds is 6. The topological polar surface area (TPSA) is 50.4 Å². The summed E-state index contributed by atoms with van der Waals surface area (Å²) in [7, 11) is -0.268. The average molecular weight is 234 g/mol. The van der Waals surface area contributed by atoms with Crippen LogP contribution in [0.4, 0.5) is 0 Å². The predicted octanol–water partition coefficient (Wildman–Crippen LogP) is -2.54. The normalized spacial score (nSPS) is 13.4. The van der Waals surface area contributed by atoms with Gasteiger partial charge in [-0.25, -0.2) is 4.79 Å². The Hall–Kier alpha value is -0.219. The Morgan fingerprint density at radius 2 is 2.38 bits per heavy atom. The quantitative estimate of drug-likeness (QED) is 0.302. The molecular weight excluding hydrogens is 216 g/mol. The van der Waals surface area contributed by atoms with E-state index >= 15 is 0 Å². The maximum atomic E-state index is 11.0. The number of nitrogens with one attached hydrogen (secondary N) is 2. The third-order valence-corrected chi connectivity index (χ3v) is 7.13. The summed E-state index contributed by atoms with van der Waals surface area (Å²) in [4.78, 5) is 11.0. The van der Waals surface area contributed by atoms with E-state index in [9.17, 15) is 4.79 Å². The van der Waals surface area contributed by atoms with Gasteiger partial charge in [-0.3, -0.25) is 0 Å². The minimum atomic E-state index is -1.03. The number of carbonyl (C=O) groups excluding carboxylic acids is 1. The third kappa shape index (κ3) is 6.90. The number of carbonyl (C=O) groups is 1. The van der Waals surface area contributed by atoms with Gasteiger partial charge in [0.1, 0.15) is 8.96 Å². The van der Waals surface area contributed by atoms with Crippen molar-refractivity contribution in [2.75, 3.05) is 6.23 Å². The highest BCUT2D eigenvalue weighted by atomic mass is 28.3. The van der Waals surface area contributed by atoms with E-state index in [1.165, 1.54) is 0 Å². The van der Waals surface area contributed by atoms with Gasteiger partial charge in [0.15, 0.2) is 9.84 Å². The smallest absolute Gasteiger partial charge is 0.332 e. The largest absolute Gasteiger partial charge is 0.465 e. The van der Waals surface area contributed by atoms with E-state index in [1.807, 2.05) is 0 Å². The second-order valence-electron chi connectivity index (χ2n) is 3.01. The molecule has 0 bridgehead atoms. The van der Waals surface area contributed by atoms with Crippen molar-refractivity contribution in [1.82, 2.24) is 9.30 Å². The molecule has 7 heteroatoms. The van der Waals surface area contributed by atoms with Crippen LogP contribution in [0, 0.1) is 0 Å². The van der Waals surface area contributed by atoms with Crippen molar-refractivity contribution >= 4 is 35.2 Å². The SMILES string of the molecule is C=C(C)C(=O)OC[SiH](C)N[SiH2]N[SiH3]. The van der Waals surface area contributed by atoms with E-state index in [2.05, 4.69) is 22.4 Å². The highest BCUT2D eigenvalue weighted by molar-refractivity contribution is 6.64. The van der Waals surface area contributed by atoms with Crippen LogP contribution in [0.5, 0.6) is 0 Å². The lowest BCUT2D eigenvalue weighted by Gasteiger charge is -2.11. The van der Waals surface area contributed by atoms with E-state index in [0.29, 0.717) is 11.8 Å². The van der Waals surface area contributed by atoms with Crippen LogP contribution in [-0.2, 0) is 9.53 Å². The molecule has 0 radical (unpaired) electrons. The summed E-state index contributed by atoms with van der Waals surface area (Å²) in [5, 5.41) is 0. The lowest BCUT2D eigenvalue weighted by molar-refractivity contribution is -0.137. The highest BCUT2D eigenvalue weighted by Crippen LogP contribution is 1.91. The van der Waals surface area contributed by atoms with E-state index in [1.54, 1.807) is 6.92 Å². The van der Waals surface area contributed by atoms with Gasteiger partial charge in [0.25, 0.3) is 0 Å². The van der Waals surface area contributed by atoms with E-state index < -0.39 is 8.96 Å². The van der Waals surface area contributed by atoms with Gasteiger partial charge in [-0.2, -0.15) is 0 Å². The molecular formula is C6H18N2O2Si3. The Labute approximate surface area is 86.3 Å². The molecule has 1 atom stereocenters. The Morgan fingerprint density at radius 3 is 2.85 bits per heavy atom. The fourth-order valence-corrected chi connectivity index (χ4v) is 5.58. The maximum absolute atomic E-state index is 11.0. The maximum Gasteiger partial charge on any atom is 0.332 e. The van der Waals surface area contributed by atoms with Crippen molar-refractivity contribution in [2.45, 2.75) is 13.5 Å². The molecule has 0 aromatic carbocycles. The lowest BCUT2D eigenvalue weighted by Crippen LogP contribution is -2.44. The average Bonchev–Trinajstić information content (AvgIpc) is 2.10. The second kappa shape index (κ2) is 7.21. The summed E-state index contributed by atoms with van der Waals surface area (Å²) in [5.74, 6) is -0.276. The van der Waals surface area contributed by atoms with Crippen LogP contribution in [-0.4, -0.2) is 41.4 Å². The molecule has 0 aliphatic rings. The monoisotopic (exact) mass is 234 g/mol. The van der Waals surface area contributed by atoms with Gasteiger partial charge in [-0.1, -0.05) is 13.1 Å². The molecule has 0 amide bonds. The standard InChI is InChI=1S/C6H18N2O2Si3/c1-5(2)6(9)10-4-13(3)8-12-7-11/h7-8,13H,1,4,12H2,2-3,11H3. The van der Waals surface area contributed by atoms with Crippen molar-refractivity contribution in [1.29, 1.82) is 0 Å². The van der Waals surface area contributed by atoms with Crippen molar-refractivity contribution < 1.29 is 9.53 Å². The Bertz CT molecular complexity index is 189. The minimum absolute atomic E-state index is 0.276. The van der Waals surface area contributed by atoms with Crippen molar-refractivity contribution in [3.63, 3.8) is 0 Å². The van der Waals surface area contributed by atoms with E-state index in [-0.39, 0.29) is 15.8 Å². The first-order valence-corrected chi connectivity index (χ1v) is 9.24. The van der Waals surface area contributed by atoms with Gasteiger partial charge < -0.3 is 14.0 Å². The molecule has 0 fully saturated rings. The summed E-state index contributed by atoms with van der Waals surface area (Å²) in [6.45, 7) is 7.32. The highest BCUT2D eigenvalue weighted by Gasteiger charge is 2.07. The summed E-state index contributed by atoms with van der Waals surface area (Å²) in [6.07, 6.45) is 0.557. The Morgan fingerprint density at radius 1 is 1.77 bits per heavy atom. The number of hydrogen-bond donors (Lipinski definition) is 2. The van der Waals surface area contributed by atoms with Crippen molar-refractivity contribution in [2.24, 2.45) is 0 Å². The van der Waals surface area contributed by atoms with Crippen LogP contribution in [0.15, 0.2) is 12.2 Å². The molecule has 0 heterocycles. The molecule has 4 nitrogen and oxygen atoms in total. The summed E-state index contributed by atoms with van der Waals surface area (Å²) in [5.41, 5.74) is 0.472. The zero-order valence-electron chi connectivity index (χ0n) is 8.52. The van der Waals surface area contributed by atoms with E-state index in [4.69, 9.17) is 4.74 Å². The fraction of sp³-hybridized carbons (Fsp3) is 0.500. The number of hydrogen-bond acceptors (Lipinski definition) is 4. The summed E-state index contributed by atoms with van der Waals surface area (Å²) >= 11 is 0. The van der Waals surface area contributed by atoms with Crippen LogP contribution in [0.3, 0.4) is 0 Å². The van der Waals surface area contributed by atoms with Crippen LogP contribution in [0.2, 0.25) is 6.55 Å². The molecule has 0 spiro atoms. The van der Waals surface area contributed by atoms with Gasteiger partial charge in [-0.05, 0) is 6.92 Å². The first-order valence-electron chi connectivity index (χ1n) is 4.28. The molecule has 1 unspecified atom stereocenters. The molecule has 0 saturated heterocycles. The number of esters is 1. The molecule has 76 valence electrons. The predicted molar refractivity (Wildman–Crippen MR) is 63.5 cm³/mol. The zero-order chi connectivity index (χ0) is 10.3. The molecule has 0 saturated carbocycles. The third-order valence-electron chi connectivity index (χ3n) is 1.44. The van der Waals surface area contributed by atoms with Gasteiger partial charge in [-0.15, -0.1) is 0 Å². The second-order valence-corrected chi connectivity index (χ2v) is 9.96. The molecule has 0 aliphatic heterocycles. The Kier molecular flexibility index (Phi) is 7.09. The molecule has 0 rings (SSSR count).